The lowest BCUT2D eigenvalue weighted by Crippen LogP contribution is -2.37. The van der Waals surface area contributed by atoms with Gasteiger partial charge in [0.05, 0.1) is 6.04 Å². The molecule has 3 heterocycles. The summed E-state index contributed by atoms with van der Waals surface area (Å²) in [7, 11) is 0. The summed E-state index contributed by atoms with van der Waals surface area (Å²) in [6.45, 7) is 0. The first-order valence-electron chi connectivity index (χ1n) is 8.11. The van der Waals surface area contributed by atoms with Crippen LogP contribution in [0.2, 0.25) is 0 Å². The molecule has 0 bridgehead atoms. The van der Waals surface area contributed by atoms with Crippen LogP contribution in [0.1, 0.15) is 31.4 Å². The minimum absolute atomic E-state index is 0.0365. The fraction of sp³-hybridized carbons (Fsp3) is 0.471. The molecule has 4 rings (SSSR count). The average Bonchev–Trinajstić information content (AvgIpc) is 3.09. The van der Waals surface area contributed by atoms with Crippen LogP contribution in [0.3, 0.4) is 0 Å². The third kappa shape index (κ3) is 2.58. The number of cyclic esters (lactones) is 1. The Balaban J connectivity index is 1.56. The zero-order valence-corrected chi connectivity index (χ0v) is 12.7. The quantitative estimate of drug-likeness (QED) is 0.829. The number of aliphatic imine (C=N–C) groups is 1. The molecule has 1 aromatic rings. The maximum Gasteiger partial charge on any atom is 0.346 e. The summed E-state index contributed by atoms with van der Waals surface area (Å²) < 4.78 is 5.33. The van der Waals surface area contributed by atoms with Crippen LogP contribution < -0.4 is 5.32 Å². The number of hydrogen-bond acceptors (Lipinski definition) is 6. The number of aliphatic hydroxyl groups excluding tert-OH is 1. The van der Waals surface area contributed by atoms with Gasteiger partial charge in [0.2, 0.25) is 0 Å². The van der Waals surface area contributed by atoms with Gasteiger partial charge < -0.3 is 15.2 Å². The molecule has 2 aliphatic heterocycles. The number of rotatable bonds is 3. The minimum atomic E-state index is -0.681. The lowest BCUT2D eigenvalue weighted by atomic mass is 9.92. The molecule has 3 aliphatic rings. The van der Waals surface area contributed by atoms with E-state index in [9.17, 15) is 9.90 Å². The van der Waals surface area contributed by atoms with Gasteiger partial charge in [0.15, 0.2) is 11.9 Å². The fourth-order valence-electron chi connectivity index (χ4n) is 3.52. The van der Waals surface area contributed by atoms with Crippen molar-refractivity contribution in [2.45, 2.75) is 50.3 Å². The number of esters is 1. The van der Waals surface area contributed by atoms with Gasteiger partial charge in [0.25, 0.3) is 0 Å². The zero-order chi connectivity index (χ0) is 15.8. The molecule has 0 spiro atoms. The van der Waals surface area contributed by atoms with E-state index in [4.69, 9.17) is 4.74 Å². The van der Waals surface area contributed by atoms with Crippen LogP contribution in [0.25, 0.3) is 0 Å². The second-order valence-corrected chi connectivity index (χ2v) is 6.26. The second kappa shape index (κ2) is 5.68. The van der Waals surface area contributed by atoms with E-state index < -0.39 is 12.1 Å². The highest BCUT2D eigenvalue weighted by Gasteiger charge is 2.41. The van der Waals surface area contributed by atoms with E-state index in [0.29, 0.717) is 12.3 Å². The molecule has 6 nitrogen and oxygen atoms in total. The highest BCUT2D eigenvalue weighted by atomic mass is 16.6. The predicted molar refractivity (Wildman–Crippen MR) is 84.1 cm³/mol. The van der Waals surface area contributed by atoms with E-state index in [1.54, 1.807) is 6.20 Å². The number of nitrogens with one attached hydrogen (secondary N) is 1. The van der Waals surface area contributed by atoms with Crippen LogP contribution in [0, 0.1) is 0 Å². The molecule has 1 fully saturated rings. The lowest BCUT2D eigenvalue weighted by Gasteiger charge is -2.23. The van der Waals surface area contributed by atoms with Gasteiger partial charge in [-0.1, -0.05) is 18.9 Å². The molecule has 0 unspecified atom stereocenters. The van der Waals surface area contributed by atoms with Gasteiger partial charge in [-0.05, 0) is 25.0 Å². The van der Waals surface area contributed by atoms with Gasteiger partial charge in [-0.15, -0.1) is 0 Å². The van der Waals surface area contributed by atoms with E-state index >= 15 is 0 Å². The van der Waals surface area contributed by atoms with Crippen LogP contribution in [-0.4, -0.2) is 40.1 Å². The Bertz CT molecular complexity index is 684. The number of nitrogens with zero attached hydrogens (tertiary/aromatic N) is 2. The van der Waals surface area contributed by atoms with Crippen LogP contribution in [0.15, 0.2) is 40.7 Å². The minimum Gasteiger partial charge on any atom is -0.507 e. The molecular weight excluding hydrogens is 294 g/mol. The third-order valence-corrected chi connectivity index (χ3v) is 4.72. The summed E-state index contributed by atoms with van der Waals surface area (Å²) in [5.41, 5.74) is 0.966. The maximum atomic E-state index is 12.2. The van der Waals surface area contributed by atoms with Crippen molar-refractivity contribution in [3.05, 3.63) is 41.4 Å². The van der Waals surface area contributed by atoms with E-state index in [1.807, 2.05) is 18.2 Å². The number of carbonyl (C=O) groups is 1. The van der Waals surface area contributed by atoms with Gasteiger partial charge in [0.1, 0.15) is 11.4 Å². The molecule has 1 saturated carbocycles. The fourth-order valence-corrected chi connectivity index (χ4v) is 3.52. The number of hydrogen-bond donors (Lipinski definition) is 2. The number of amidine groups is 1. The Hall–Kier alpha value is -2.37. The molecule has 0 radical (unpaired) electrons. The molecule has 3 atom stereocenters. The molecule has 0 amide bonds. The topological polar surface area (TPSA) is 83.8 Å². The van der Waals surface area contributed by atoms with Crippen molar-refractivity contribution >= 4 is 11.8 Å². The molecule has 23 heavy (non-hydrogen) atoms. The van der Waals surface area contributed by atoms with Gasteiger partial charge >= 0.3 is 5.97 Å². The zero-order valence-electron chi connectivity index (χ0n) is 12.7. The van der Waals surface area contributed by atoms with Crippen molar-refractivity contribution in [1.29, 1.82) is 0 Å². The first kappa shape index (κ1) is 14.2. The molecule has 1 aliphatic carbocycles. The molecule has 0 saturated heterocycles. The van der Waals surface area contributed by atoms with E-state index in [-0.39, 0.29) is 23.4 Å². The number of carbonyl (C=O) groups excluding carboxylic acids is 1. The largest absolute Gasteiger partial charge is 0.507 e. The van der Waals surface area contributed by atoms with Gasteiger partial charge in [-0.3, -0.25) is 9.98 Å². The van der Waals surface area contributed by atoms with Crippen LogP contribution in [0.5, 0.6) is 0 Å². The van der Waals surface area contributed by atoms with E-state index in [0.717, 1.165) is 25.0 Å². The van der Waals surface area contributed by atoms with Crippen LogP contribution in [0.4, 0.5) is 0 Å². The van der Waals surface area contributed by atoms with Gasteiger partial charge in [-0.2, -0.15) is 0 Å². The molecule has 0 aromatic carbocycles. The number of aliphatic hydroxyl groups is 1. The first-order chi connectivity index (χ1) is 11.2. The maximum absolute atomic E-state index is 12.2. The predicted octanol–water partition coefficient (Wildman–Crippen LogP) is 1.67. The Morgan fingerprint density at radius 3 is 2.96 bits per heavy atom. The normalized spacial score (nSPS) is 29.8. The standard InChI is InChI=1S/C17H19N3O3/c21-15-13(9-10-5-3-4-8-18-10)23-17(22)14(15)16-19-11-6-1-2-7-12(11)20-16/h3-5,8,11-13,21H,1-2,6-7,9H2,(H,19,20)/t11-,12+,13-/m0/s1. The van der Waals surface area contributed by atoms with Crippen molar-refractivity contribution < 1.29 is 14.6 Å². The summed E-state index contributed by atoms with van der Waals surface area (Å²) in [6, 6.07) is 6.03. The summed E-state index contributed by atoms with van der Waals surface area (Å²) in [5.74, 6) is -0.0493. The number of aromatic nitrogens is 1. The molecular formula is C17H19N3O3. The Kier molecular flexibility index (Phi) is 3.52. The summed E-state index contributed by atoms with van der Waals surface area (Å²) in [6.07, 6.45) is 5.79. The third-order valence-electron chi connectivity index (χ3n) is 4.72. The van der Waals surface area contributed by atoms with Gasteiger partial charge in [-0.25, -0.2) is 4.79 Å². The van der Waals surface area contributed by atoms with Crippen molar-refractivity contribution in [3.63, 3.8) is 0 Å². The van der Waals surface area contributed by atoms with Crippen molar-refractivity contribution in [3.8, 4) is 0 Å². The lowest BCUT2D eigenvalue weighted by molar-refractivity contribution is -0.139. The molecule has 6 heteroatoms. The van der Waals surface area contributed by atoms with Crippen molar-refractivity contribution in [2.75, 3.05) is 0 Å². The Morgan fingerprint density at radius 2 is 2.17 bits per heavy atom. The summed E-state index contributed by atoms with van der Waals surface area (Å²) in [4.78, 5) is 21.0. The Labute approximate surface area is 134 Å². The molecule has 1 aromatic heterocycles. The van der Waals surface area contributed by atoms with E-state index in [2.05, 4.69) is 15.3 Å². The first-order valence-corrected chi connectivity index (χ1v) is 8.11. The molecule has 2 N–H and O–H groups in total. The van der Waals surface area contributed by atoms with Crippen molar-refractivity contribution in [2.24, 2.45) is 4.99 Å². The van der Waals surface area contributed by atoms with Crippen LogP contribution in [-0.2, 0) is 16.0 Å². The van der Waals surface area contributed by atoms with Crippen LogP contribution >= 0.6 is 0 Å². The highest BCUT2D eigenvalue weighted by molar-refractivity contribution is 6.21. The van der Waals surface area contributed by atoms with Crippen molar-refractivity contribution in [1.82, 2.24) is 10.3 Å². The average molecular weight is 313 g/mol. The van der Waals surface area contributed by atoms with Gasteiger partial charge in [0, 0.05) is 24.4 Å². The molecule has 120 valence electrons. The SMILES string of the molecule is O=C1O[C@@H](Cc2ccccn2)C(O)=C1C1=N[C@H]2CCCC[C@H]2N1. The number of pyridine rings is 1. The summed E-state index contributed by atoms with van der Waals surface area (Å²) in [5, 5.41) is 13.8. The second-order valence-electron chi connectivity index (χ2n) is 6.26. The van der Waals surface area contributed by atoms with E-state index in [1.165, 1.54) is 6.42 Å². The summed E-state index contributed by atoms with van der Waals surface area (Å²) >= 11 is 0. The Morgan fingerprint density at radius 1 is 1.30 bits per heavy atom. The number of ether oxygens (including phenoxy) is 1. The number of fused-ring (bicyclic) bond motifs is 1. The smallest absolute Gasteiger partial charge is 0.346 e. The monoisotopic (exact) mass is 313 g/mol. The highest BCUT2D eigenvalue weighted by Crippen LogP contribution is 2.30.